The molecule has 0 heterocycles. The number of amides is 1. The first-order valence-electron chi connectivity index (χ1n) is 7.60. The van der Waals surface area contributed by atoms with Crippen LogP contribution in [0.1, 0.15) is 26.3 Å². The van der Waals surface area contributed by atoms with E-state index in [2.05, 4.69) is 10.2 Å². The lowest BCUT2D eigenvalue weighted by molar-refractivity contribution is -0.124. The number of nitrogens with zero attached hydrogens (tertiary/aromatic N) is 1. The average Bonchev–Trinajstić information content (AvgIpc) is 2.44. The molecule has 0 aromatic heterocycles. The van der Waals surface area contributed by atoms with Crippen LogP contribution in [-0.4, -0.2) is 44.1 Å². The summed E-state index contributed by atoms with van der Waals surface area (Å²) in [5.41, 5.74) is 6.71. The molecule has 1 aromatic rings. The Bertz CT molecular complexity index is 464. The normalized spacial score (nSPS) is 13.0. The Morgan fingerprint density at radius 2 is 1.86 bits per heavy atom. The van der Waals surface area contributed by atoms with Crippen LogP contribution in [0, 0.1) is 5.41 Å². The van der Waals surface area contributed by atoms with Gasteiger partial charge >= 0.3 is 0 Å². The highest BCUT2D eigenvalue weighted by atomic mass is 16.5. The average molecular weight is 307 g/mol. The summed E-state index contributed by atoms with van der Waals surface area (Å²) in [5.74, 6) is 0.710. The topological polar surface area (TPSA) is 67.6 Å². The van der Waals surface area contributed by atoms with Crippen molar-refractivity contribution in [1.82, 2.24) is 10.2 Å². The van der Waals surface area contributed by atoms with Crippen molar-refractivity contribution in [2.75, 3.05) is 27.2 Å². The minimum Gasteiger partial charge on any atom is -0.492 e. The molecule has 5 nitrogen and oxygen atoms in total. The number of hydrogen-bond donors (Lipinski definition) is 2. The third-order valence-corrected chi connectivity index (χ3v) is 3.41. The molecule has 0 aliphatic carbocycles. The smallest absolute Gasteiger partial charge is 0.237 e. The molecule has 124 valence electrons. The summed E-state index contributed by atoms with van der Waals surface area (Å²) in [6, 6.07) is 7.23. The van der Waals surface area contributed by atoms with Gasteiger partial charge in [-0.1, -0.05) is 32.9 Å². The molecule has 0 saturated carbocycles. The molecule has 0 unspecified atom stereocenters. The number of likely N-dealkylation sites (N-methyl/N-ethyl adjacent to an activating group) is 1. The van der Waals surface area contributed by atoms with Crippen molar-refractivity contribution in [3.63, 3.8) is 0 Å². The molecule has 0 fully saturated rings. The van der Waals surface area contributed by atoms with Gasteiger partial charge in [0.15, 0.2) is 0 Å². The molecule has 0 spiro atoms. The molecule has 0 bridgehead atoms. The van der Waals surface area contributed by atoms with Gasteiger partial charge in [-0.25, -0.2) is 0 Å². The van der Waals surface area contributed by atoms with E-state index in [9.17, 15) is 4.79 Å². The van der Waals surface area contributed by atoms with Crippen LogP contribution in [0.5, 0.6) is 5.75 Å². The monoisotopic (exact) mass is 307 g/mol. The lowest BCUT2D eigenvalue weighted by Crippen LogP contribution is -2.48. The molecule has 1 rings (SSSR count). The fourth-order valence-electron chi connectivity index (χ4n) is 1.74. The van der Waals surface area contributed by atoms with E-state index in [0.29, 0.717) is 13.2 Å². The molecular formula is C17H29N3O2. The molecule has 3 N–H and O–H groups in total. The Kier molecular flexibility index (Phi) is 6.84. The maximum absolute atomic E-state index is 12.0. The second kappa shape index (κ2) is 8.15. The third-order valence-electron chi connectivity index (χ3n) is 3.41. The first kappa shape index (κ1) is 18.5. The van der Waals surface area contributed by atoms with Gasteiger partial charge in [0.05, 0.1) is 6.04 Å². The Labute approximate surface area is 133 Å². The summed E-state index contributed by atoms with van der Waals surface area (Å²) in [4.78, 5) is 14.0. The van der Waals surface area contributed by atoms with Gasteiger partial charge in [0, 0.05) is 13.1 Å². The molecule has 0 aliphatic heterocycles. The molecule has 0 aliphatic rings. The zero-order chi connectivity index (χ0) is 16.8. The van der Waals surface area contributed by atoms with Crippen molar-refractivity contribution in [3.05, 3.63) is 29.8 Å². The summed E-state index contributed by atoms with van der Waals surface area (Å²) < 4.78 is 5.63. The highest BCUT2D eigenvalue weighted by Crippen LogP contribution is 2.17. The number of carbonyl (C=O) groups excluding carboxylic acids is 1. The number of carbonyl (C=O) groups is 1. The standard InChI is InChI=1S/C17H29N3O2/c1-17(2,3)15(18)16(21)19-12-13-6-8-14(9-7-13)22-11-10-20(4)5/h6-9,15H,10-12,18H2,1-5H3,(H,19,21)/t15-/m1/s1. The van der Waals surface area contributed by atoms with E-state index in [1.165, 1.54) is 0 Å². The Hall–Kier alpha value is -1.59. The van der Waals surface area contributed by atoms with Crippen LogP contribution in [0.3, 0.4) is 0 Å². The minimum atomic E-state index is -0.513. The molecule has 1 amide bonds. The Morgan fingerprint density at radius 1 is 1.27 bits per heavy atom. The number of nitrogens with one attached hydrogen (secondary N) is 1. The van der Waals surface area contributed by atoms with Crippen LogP contribution in [0.2, 0.25) is 0 Å². The van der Waals surface area contributed by atoms with Crippen molar-refractivity contribution in [1.29, 1.82) is 0 Å². The van der Waals surface area contributed by atoms with Crippen LogP contribution in [0.25, 0.3) is 0 Å². The number of ether oxygens (including phenoxy) is 1. The first-order chi connectivity index (χ1) is 10.2. The molecule has 5 heteroatoms. The second-order valence-electron chi connectivity index (χ2n) is 6.86. The molecule has 0 saturated heterocycles. The Balaban J connectivity index is 2.43. The molecular weight excluding hydrogens is 278 g/mol. The van der Waals surface area contributed by atoms with E-state index >= 15 is 0 Å². The lowest BCUT2D eigenvalue weighted by Gasteiger charge is -2.25. The van der Waals surface area contributed by atoms with Crippen molar-refractivity contribution < 1.29 is 9.53 Å². The summed E-state index contributed by atoms with van der Waals surface area (Å²) in [6.45, 7) is 7.87. The van der Waals surface area contributed by atoms with E-state index < -0.39 is 6.04 Å². The molecule has 0 radical (unpaired) electrons. The second-order valence-corrected chi connectivity index (χ2v) is 6.86. The molecule has 1 aromatic carbocycles. The summed E-state index contributed by atoms with van der Waals surface area (Å²) in [7, 11) is 4.02. The lowest BCUT2D eigenvalue weighted by atomic mass is 9.87. The van der Waals surface area contributed by atoms with Gasteiger partial charge in [-0.2, -0.15) is 0 Å². The quantitative estimate of drug-likeness (QED) is 0.803. The first-order valence-corrected chi connectivity index (χ1v) is 7.60. The highest BCUT2D eigenvalue weighted by molar-refractivity contribution is 5.82. The largest absolute Gasteiger partial charge is 0.492 e. The van der Waals surface area contributed by atoms with Gasteiger partial charge in [-0.05, 0) is 37.2 Å². The molecule has 22 heavy (non-hydrogen) atoms. The fraction of sp³-hybridized carbons (Fsp3) is 0.588. The zero-order valence-electron chi connectivity index (χ0n) is 14.3. The van der Waals surface area contributed by atoms with Crippen molar-refractivity contribution in [2.24, 2.45) is 11.1 Å². The minimum absolute atomic E-state index is 0.126. The van der Waals surface area contributed by atoms with Crippen LogP contribution in [0.4, 0.5) is 0 Å². The van der Waals surface area contributed by atoms with E-state index in [4.69, 9.17) is 10.5 Å². The third kappa shape index (κ3) is 6.45. The van der Waals surface area contributed by atoms with Crippen LogP contribution in [-0.2, 0) is 11.3 Å². The maximum Gasteiger partial charge on any atom is 0.237 e. The predicted octanol–water partition coefficient (Wildman–Crippen LogP) is 1.62. The highest BCUT2D eigenvalue weighted by Gasteiger charge is 2.26. The zero-order valence-corrected chi connectivity index (χ0v) is 14.3. The van der Waals surface area contributed by atoms with Gasteiger partial charge in [0.25, 0.3) is 0 Å². The van der Waals surface area contributed by atoms with Crippen LogP contribution >= 0.6 is 0 Å². The van der Waals surface area contributed by atoms with Gasteiger partial charge in [-0.15, -0.1) is 0 Å². The molecule has 1 atom stereocenters. The van der Waals surface area contributed by atoms with Crippen molar-refractivity contribution in [3.8, 4) is 5.75 Å². The summed E-state index contributed by atoms with van der Waals surface area (Å²) in [6.07, 6.45) is 0. The van der Waals surface area contributed by atoms with E-state index in [1.807, 2.05) is 59.1 Å². The summed E-state index contributed by atoms with van der Waals surface area (Å²) >= 11 is 0. The number of nitrogens with two attached hydrogens (primary N) is 1. The van der Waals surface area contributed by atoms with E-state index in [-0.39, 0.29) is 11.3 Å². The number of hydrogen-bond acceptors (Lipinski definition) is 4. The van der Waals surface area contributed by atoms with Gasteiger partial charge in [0.1, 0.15) is 12.4 Å². The fourth-order valence-corrected chi connectivity index (χ4v) is 1.74. The van der Waals surface area contributed by atoms with Gasteiger partial charge < -0.3 is 20.7 Å². The number of benzene rings is 1. The van der Waals surface area contributed by atoms with Gasteiger partial charge in [-0.3, -0.25) is 4.79 Å². The van der Waals surface area contributed by atoms with Gasteiger partial charge in [0.2, 0.25) is 5.91 Å². The maximum atomic E-state index is 12.0. The van der Waals surface area contributed by atoms with E-state index in [1.54, 1.807) is 0 Å². The van der Waals surface area contributed by atoms with E-state index in [0.717, 1.165) is 17.9 Å². The van der Waals surface area contributed by atoms with Crippen molar-refractivity contribution >= 4 is 5.91 Å². The van der Waals surface area contributed by atoms with Crippen LogP contribution in [0.15, 0.2) is 24.3 Å². The predicted molar refractivity (Wildman–Crippen MR) is 89.8 cm³/mol. The SMILES string of the molecule is CN(C)CCOc1ccc(CNC(=O)[C@@H](N)C(C)(C)C)cc1. The Morgan fingerprint density at radius 3 is 2.36 bits per heavy atom. The summed E-state index contributed by atoms with van der Waals surface area (Å²) in [5, 5.41) is 2.87. The number of rotatable bonds is 7. The van der Waals surface area contributed by atoms with Crippen LogP contribution < -0.4 is 15.8 Å². The van der Waals surface area contributed by atoms with Crippen molar-refractivity contribution in [2.45, 2.75) is 33.4 Å².